The Labute approximate surface area is 137 Å². The molecule has 2 amide bonds. The average molecular weight is 332 g/mol. The minimum absolute atomic E-state index is 0.112. The molecule has 126 valence electrons. The quantitative estimate of drug-likeness (QED) is 0.921. The first-order chi connectivity index (χ1) is 11.5. The third kappa shape index (κ3) is 3.12. The van der Waals surface area contributed by atoms with Crippen LogP contribution >= 0.6 is 0 Å². The highest BCUT2D eigenvalue weighted by Crippen LogP contribution is 2.27. The predicted octanol–water partition coefficient (Wildman–Crippen LogP) is 1.75. The van der Waals surface area contributed by atoms with Gasteiger partial charge in [0.05, 0.1) is 12.0 Å². The van der Waals surface area contributed by atoms with Gasteiger partial charge in [0.2, 0.25) is 18.2 Å². The second kappa shape index (κ2) is 6.38. The van der Waals surface area contributed by atoms with Crippen molar-refractivity contribution in [2.45, 2.75) is 26.3 Å². The molecule has 7 nitrogen and oxygen atoms in total. The number of hydrogen-bond acceptors (Lipinski definition) is 5. The molecule has 0 radical (unpaired) electrons. The first-order valence-corrected chi connectivity index (χ1v) is 7.59. The van der Waals surface area contributed by atoms with Gasteiger partial charge in [0.25, 0.3) is 0 Å². The van der Waals surface area contributed by atoms with Gasteiger partial charge in [-0.15, -0.1) is 0 Å². The maximum atomic E-state index is 13.4. The highest BCUT2D eigenvalue weighted by atomic mass is 19.1. The molecule has 0 unspecified atom stereocenters. The smallest absolute Gasteiger partial charge is 0.227 e. The highest BCUT2D eigenvalue weighted by molar-refractivity contribution is 6.00. The van der Waals surface area contributed by atoms with Crippen LogP contribution in [0.4, 0.5) is 10.1 Å². The third-order valence-corrected chi connectivity index (χ3v) is 4.07. The fraction of sp³-hybridized carbons (Fsp3) is 0.375. The van der Waals surface area contributed by atoms with Crippen LogP contribution in [0.3, 0.4) is 0 Å². The van der Waals surface area contributed by atoms with Crippen molar-refractivity contribution in [2.75, 3.05) is 11.4 Å². The third-order valence-electron chi connectivity index (χ3n) is 4.07. The summed E-state index contributed by atoms with van der Waals surface area (Å²) in [6.45, 7) is 3.63. The average Bonchev–Trinajstić information content (AvgIpc) is 3.19. The van der Waals surface area contributed by atoms with Gasteiger partial charge in [-0.2, -0.15) is 4.98 Å². The number of nitrogens with one attached hydrogen (secondary N) is 1. The van der Waals surface area contributed by atoms with E-state index in [9.17, 15) is 14.0 Å². The number of benzene rings is 1. The first kappa shape index (κ1) is 16.1. The fourth-order valence-electron chi connectivity index (χ4n) is 2.69. The lowest BCUT2D eigenvalue weighted by atomic mass is 10.1. The zero-order valence-corrected chi connectivity index (χ0v) is 13.3. The van der Waals surface area contributed by atoms with Crippen molar-refractivity contribution in [1.82, 2.24) is 15.5 Å². The summed E-state index contributed by atoms with van der Waals surface area (Å²) in [4.78, 5) is 30.0. The van der Waals surface area contributed by atoms with E-state index >= 15 is 0 Å². The second-order valence-corrected chi connectivity index (χ2v) is 5.86. The van der Waals surface area contributed by atoms with Gasteiger partial charge in [-0.3, -0.25) is 9.59 Å². The Hall–Kier alpha value is -2.77. The number of halogens is 1. The molecular formula is C16H17FN4O3. The van der Waals surface area contributed by atoms with Crippen molar-refractivity contribution < 1.29 is 18.5 Å². The number of rotatable bonds is 4. The molecular weight excluding hydrogens is 315 g/mol. The molecule has 1 aromatic carbocycles. The number of nitrogens with zero attached hydrogens (tertiary/aromatic N) is 3. The van der Waals surface area contributed by atoms with E-state index in [1.54, 1.807) is 26.0 Å². The lowest BCUT2D eigenvalue weighted by molar-refractivity contribution is -0.126. The van der Waals surface area contributed by atoms with E-state index in [2.05, 4.69) is 20.0 Å². The highest BCUT2D eigenvalue weighted by Gasteiger charge is 2.36. The normalized spacial score (nSPS) is 18.7. The summed E-state index contributed by atoms with van der Waals surface area (Å²) in [5, 5.41) is 6.45. The molecule has 24 heavy (non-hydrogen) atoms. The number of carbonyl (C=O) groups is 2. The molecule has 1 aromatic heterocycles. The minimum atomic E-state index is -0.475. The van der Waals surface area contributed by atoms with E-state index in [0.717, 1.165) is 0 Å². The van der Waals surface area contributed by atoms with Gasteiger partial charge in [0.1, 0.15) is 5.82 Å². The topological polar surface area (TPSA) is 88.3 Å². The van der Waals surface area contributed by atoms with Crippen LogP contribution in [-0.4, -0.2) is 28.5 Å². The van der Waals surface area contributed by atoms with Crippen molar-refractivity contribution >= 4 is 17.5 Å². The molecule has 2 atom stereocenters. The molecule has 0 spiro atoms. The number of hydrogen-bond donors (Lipinski definition) is 1. The van der Waals surface area contributed by atoms with E-state index < -0.39 is 12.0 Å². The predicted molar refractivity (Wildman–Crippen MR) is 82.5 cm³/mol. The van der Waals surface area contributed by atoms with E-state index in [0.29, 0.717) is 17.1 Å². The van der Waals surface area contributed by atoms with Crippen molar-refractivity contribution in [1.29, 1.82) is 0 Å². The number of aryl methyl sites for hydroxylation is 1. The van der Waals surface area contributed by atoms with Crippen LogP contribution < -0.4 is 10.2 Å². The Kier molecular flexibility index (Phi) is 4.28. The van der Waals surface area contributed by atoms with Gasteiger partial charge in [-0.1, -0.05) is 5.16 Å². The molecule has 8 heteroatoms. The molecule has 1 aliphatic heterocycles. The van der Waals surface area contributed by atoms with Crippen LogP contribution in [0.5, 0.6) is 0 Å². The SMILES string of the molecule is Cc1cc(N2C[C@@H](C(=O)N[C@@H](C)c3ncon3)CC2=O)ccc1F. The largest absolute Gasteiger partial charge is 0.346 e. The molecule has 1 saturated heterocycles. The van der Waals surface area contributed by atoms with E-state index in [-0.39, 0.29) is 30.6 Å². The number of amides is 2. The Balaban J connectivity index is 1.67. The van der Waals surface area contributed by atoms with Crippen LogP contribution in [0, 0.1) is 18.7 Å². The molecule has 2 aromatic rings. The lowest BCUT2D eigenvalue weighted by Crippen LogP contribution is -2.35. The zero-order chi connectivity index (χ0) is 17.3. The van der Waals surface area contributed by atoms with Gasteiger partial charge < -0.3 is 14.7 Å². The first-order valence-electron chi connectivity index (χ1n) is 7.59. The van der Waals surface area contributed by atoms with Crippen molar-refractivity contribution in [3.63, 3.8) is 0 Å². The maximum absolute atomic E-state index is 13.4. The molecule has 1 fully saturated rings. The van der Waals surface area contributed by atoms with E-state index in [1.807, 2.05) is 0 Å². The fourth-order valence-corrected chi connectivity index (χ4v) is 2.69. The summed E-state index contributed by atoms with van der Waals surface area (Å²) in [5.74, 6) is -0.833. The summed E-state index contributed by atoms with van der Waals surface area (Å²) in [6, 6.07) is 4.06. The van der Waals surface area contributed by atoms with Gasteiger partial charge in [-0.25, -0.2) is 4.39 Å². The maximum Gasteiger partial charge on any atom is 0.227 e. The lowest BCUT2D eigenvalue weighted by Gasteiger charge is -2.18. The van der Waals surface area contributed by atoms with Gasteiger partial charge in [-0.05, 0) is 37.6 Å². The molecule has 2 heterocycles. The minimum Gasteiger partial charge on any atom is -0.346 e. The zero-order valence-electron chi connectivity index (χ0n) is 13.3. The Morgan fingerprint density at radius 3 is 2.96 bits per heavy atom. The van der Waals surface area contributed by atoms with Crippen molar-refractivity contribution in [2.24, 2.45) is 5.92 Å². The van der Waals surface area contributed by atoms with Gasteiger partial charge >= 0.3 is 0 Å². The van der Waals surface area contributed by atoms with Crippen LogP contribution in [-0.2, 0) is 9.59 Å². The number of carbonyl (C=O) groups excluding carboxylic acids is 2. The number of anilines is 1. The van der Waals surface area contributed by atoms with Crippen LogP contribution in [0.25, 0.3) is 0 Å². The van der Waals surface area contributed by atoms with E-state index in [1.165, 1.54) is 17.4 Å². The molecule has 0 aliphatic carbocycles. The van der Waals surface area contributed by atoms with Crippen LogP contribution in [0.15, 0.2) is 29.1 Å². The monoisotopic (exact) mass is 332 g/mol. The molecule has 0 bridgehead atoms. The summed E-state index contributed by atoms with van der Waals surface area (Å²) in [7, 11) is 0. The summed E-state index contributed by atoms with van der Waals surface area (Å²) >= 11 is 0. The van der Waals surface area contributed by atoms with Crippen molar-refractivity contribution in [3.8, 4) is 0 Å². The van der Waals surface area contributed by atoms with Gasteiger partial charge in [0.15, 0.2) is 5.82 Å². The molecule has 1 N–H and O–H groups in total. The Morgan fingerprint density at radius 2 is 2.29 bits per heavy atom. The van der Waals surface area contributed by atoms with Crippen LogP contribution in [0.1, 0.15) is 30.8 Å². The molecule has 3 rings (SSSR count). The summed E-state index contributed by atoms with van der Waals surface area (Å²) < 4.78 is 18.0. The van der Waals surface area contributed by atoms with Crippen LogP contribution in [0.2, 0.25) is 0 Å². The Bertz CT molecular complexity index is 763. The second-order valence-electron chi connectivity index (χ2n) is 5.86. The Morgan fingerprint density at radius 1 is 1.50 bits per heavy atom. The van der Waals surface area contributed by atoms with Crippen molar-refractivity contribution in [3.05, 3.63) is 41.8 Å². The number of aromatic nitrogens is 2. The summed E-state index contributed by atoms with van der Waals surface area (Å²) in [5.41, 5.74) is 1.05. The standard InChI is InChI=1S/C16H17FN4O3/c1-9-5-12(3-4-13(9)17)21-7-11(6-14(21)22)16(23)19-10(2)15-18-8-24-20-15/h3-5,8,10-11H,6-7H2,1-2H3,(H,19,23)/t10-,11-/m0/s1. The van der Waals surface area contributed by atoms with Gasteiger partial charge in [0, 0.05) is 18.7 Å². The molecule has 1 aliphatic rings. The van der Waals surface area contributed by atoms with E-state index in [4.69, 9.17) is 0 Å². The summed E-state index contributed by atoms with van der Waals surface area (Å²) in [6.07, 6.45) is 1.30. The molecule has 0 saturated carbocycles.